The van der Waals surface area contributed by atoms with Crippen molar-refractivity contribution >= 4 is 56.0 Å². The van der Waals surface area contributed by atoms with Gasteiger partial charge in [-0.2, -0.15) is 0 Å². The Balaban J connectivity index is 1.48. The predicted octanol–water partition coefficient (Wildman–Crippen LogP) is 5.86. The highest BCUT2D eigenvalue weighted by Crippen LogP contribution is 2.35. The number of fused-ring (bicyclic) bond motifs is 2. The van der Waals surface area contributed by atoms with E-state index in [0.29, 0.717) is 5.02 Å². The number of ether oxygens (including phenoxy) is 1. The molecule has 0 aliphatic heterocycles. The SMILES string of the molecule is O=C(/C=C/c1cccc2cccnc12)OCc1sc2ccccc2c1Cl. The number of esters is 1. The third-order valence-electron chi connectivity index (χ3n) is 4.01. The molecule has 0 saturated heterocycles. The first kappa shape index (κ1) is 16.8. The van der Waals surface area contributed by atoms with Crippen LogP contribution in [-0.4, -0.2) is 11.0 Å². The minimum Gasteiger partial charge on any atom is -0.457 e. The molecule has 2 heterocycles. The Morgan fingerprint density at radius 1 is 1.12 bits per heavy atom. The van der Waals surface area contributed by atoms with E-state index in [2.05, 4.69) is 4.98 Å². The number of hydrogen-bond acceptors (Lipinski definition) is 4. The lowest BCUT2D eigenvalue weighted by atomic mass is 10.1. The zero-order chi connectivity index (χ0) is 17.9. The van der Waals surface area contributed by atoms with Crippen LogP contribution in [0.15, 0.2) is 66.9 Å². The first-order valence-electron chi connectivity index (χ1n) is 8.07. The molecule has 4 aromatic rings. The van der Waals surface area contributed by atoms with Gasteiger partial charge in [0.1, 0.15) is 6.61 Å². The highest BCUT2D eigenvalue weighted by molar-refractivity contribution is 7.19. The highest BCUT2D eigenvalue weighted by atomic mass is 35.5. The van der Waals surface area contributed by atoms with Gasteiger partial charge in [0, 0.05) is 33.3 Å². The number of carbonyl (C=O) groups is 1. The maximum atomic E-state index is 12.1. The zero-order valence-corrected chi connectivity index (χ0v) is 15.3. The number of aromatic nitrogens is 1. The molecule has 0 spiro atoms. The fraction of sp³-hybridized carbons (Fsp3) is 0.0476. The molecule has 26 heavy (non-hydrogen) atoms. The van der Waals surface area contributed by atoms with Gasteiger partial charge in [-0.25, -0.2) is 4.79 Å². The van der Waals surface area contributed by atoms with Crippen molar-refractivity contribution in [2.45, 2.75) is 6.61 Å². The number of nitrogens with zero attached hydrogens (tertiary/aromatic N) is 1. The Bertz CT molecular complexity index is 1130. The van der Waals surface area contributed by atoms with E-state index >= 15 is 0 Å². The van der Waals surface area contributed by atoms with Crippen LogP contribution in [0.4, 0.5) is 0 Å². The van der Waals surface area contributed by atoms with Gasteiger partial charge in [0.15, 0.2) is 0 Å². The molecule has 0 unspecified atom stereocenters. The molecule has 2 aromatic heterocycles. The molecule has 3 nitrogen and oxygen atoms in total. The van der Waals surface area contributed by atoms with Gasteiger partial charge >= 0.3 is 5.97 Å². The van der Waals surface area contributed by atoms with Crippen molar-refractivity contribution in [3.8, 4) is 0 Å². The molecule has 0 atom stereocenters. The molecule has 0 aliphatic carbocycles. The van der Waals surface area contributed by atoms with Gasteiger partial charge in [-0.15, -0.1) is 11.3 Å². The van der Waals surface area contributed by atoms with Gasteiger partial charge in [-0.1, -0.05) is 54.1 Å². The molecular weight excluding hydrogens is 366 g/mol. The minimum atomic E-state index is -0.411. The summed E-state index contributed by atoms with van der Waals surface area (Å²) in [5.41, 5.74) is 1.73. The summed E-state index contributed by atoms with van der Waals surface area (Å²) >= 11 is 7.91. The van der Waals surface area contributed by atoms with Crippen molar-refractivity contribution in [3.63, 3.8) is 0 Å². The Morgan fingerprint density at radius 3 is 2.85 bits per heavy atom. The van der Waals surface area contributed by atoms with Crippen LogP contribution in [0.5, 0.6) is 0 Å². The maximum Gasteiger partial charge on any atom is 0.331 e. The van der Waals surface area contributed by atoms with Crippen molar-refractivity contribution in [1.82, 2.24) is 4.98 Å². The van der Waals surface area contributed by atoms with Crippen LogP contribution >= 0.6 is 22.9 Å². The second-order valence-corrected chi connectivity index (χ2v) is 7.21. The number of hydrogen-bond donors (Lipinski definition) is 0. The molecule has 128 valence electrons. The van der Waals surface area contributed by atoms with E-state index < -0.39 is 5.97 Å². The van der Waals surface area contributed by atoms with Crippen molar-refractivity contribution in [2.24, 2.45) is 0 Å². The molecule has 0 amide bonds. The number of rotatable bonds is 4. The summed E-state index contributed by atoms with van der Waals surface area (Å²) < 4.78 is 6.44. The van der Waals surface area contributed by atoms with E-state index in [9.17, 15) is 4.79 Å². The second kappa shape index (κ2) is 7.28. The summed E-state index contributed by atoms with van der Waals surface area (Å²) in [6.45, 7) is 0.162. The summed E-state index contributed by atoms with van der Waals surface area (Å²) in [6.07, 6.45) is 4.89. The first-order chi connectivity index (χ1) is 12.7. The van der Waals surface area contributed by atoms with Gasteiger partial charge in [-0.05, 0) is 18.2 Å². The number of carbonyl (C=O) groups excluding carboxylic acids is 1. The number of benzene rings is 2. The van der Waals surface area contributed by atoms with E-state index in [0.717, 1.165) is 31.4 Å². The van der Waals surface area contributed by atoms with Crippen molar-refractivity contribution in [2.75, 3.05) is 0 Å². The van der Waals surface area contributed by atoms with Crippen LogP contribution in [0.1, 0.15) is 10.4 Å². The van der Waals surface area contributed by atoms with E-state index in [1.54, 1.807) is 12.3 Å². The molecule has 0 bridgehead atoms. The molecule has 4 rings (SSSR count). The van der Waals surface area contributed by atoms with E-state index in [1.165, 1.54) is 17.4 Å². The molecule has 0 saturated carbocycles. The smallest absolute Gasteiger partial charge is 0.331 e. The summed E-state index contributed by atoms with van der Waals surface area (Å²) in [7, 11) is 0. The predicted molar refractivity (Wildman–Crippen MR) is 107 cm³/mol. The first-order valence-corrected chi connectivity index (χ1v) is 9.26. The van der Waals surface area contributed by atoms with E-state index in [4.69, 9.17) is 16.3 Å². The highest BCUT2D eigenvalue weighted by Gasteiger charge is 2.11. The molecule has 0 radical (unpaired) electrons. The van der Waals surface area contributed by atoms with Crippen LogP contribution < -0.4 is 0 Å². The molecule has 5 heteroatoms. The number of halogens is 1. The van der Waals surface area contributed by atoms with Gasteiger partial charge < -0.3 is 4.74 Å². The van der Waals surface area contributed by atoms with E-state index in [1.807, 2.05) is 54.6 Å². The maximum absolute atomic E-state index is 12.1. The largest absolute Gasteiger partial charge is 0.457 e. The van der Waals surface area contributed by atoms with Gasteiger partial charge in [0.2, 0.25) is 0 Å². The molecule has 0 aliphatic rings. The number of pyridine rings is 1. The van der Waals surface area contributed by atoms with Gasteiger partial charge in [0.25, 0.3) is 0 Å². The van der Waals surface area contributed by atoms with Crippen LogP contribution in [0.2, 0.25) is 5.02 Å². The van der Waals surface area contributed by atoms with Crippen LogP contribution in [-0.2, 0) is 16.1 Å². The zero-order valence-electron chi connectivity index (χ0n) is 13.7. The molecular formula is C21H14ClNO2S. The summed E-state index contributed by atoms with van der Waals surface area (Å²) in [4.78, 5) is 17.3. The topological polar surface area (TPSA) is 39.2 Å². The van der Waals surface area contributed by atoms with Crippen LogP contribution in [0.25, 0.3) is 27.1 Å². The summed E-state index contributed by atoms with van der Waals surface area (Å²) in [6, 6.07) is 17.6. The van der Waals surface area contributed by atoms with E-state index in [-0.39, 0.29) is 6.61 Å². The van der Waals surface area contributed by atoms with Gasteiger partial charge in [-0.3, -0.25) is 4.98 Å². The second-order valence-electron chi connectivity index (χ2n) is 5.70. The van der Waals surface area contributed by atoms with Crippen LogP contribution in [0, 0.1) is 0 Å². The summed E-state index contributed by atoms with van der Waals surface area (Å²) in [5.74, 6) is -0.411. The number of thiophene rings is 1. The lowest BCUT2D eigenvalue weighted by Gasteiger charge is -2.02. The van der Waals surface area contributed by atoms with Crippen molar-refractivity contribution in [3.05, 3.63) is 82.3 Å². The molecule has 0 fully saturated rings. The van der Waals surface area contributed by atoms with Crippen molar-refractivity contribution in [1.29, 1.82) is 0 Å². The fourth-order valence-electron chi connectivity index (χ4n) is 2.76. The monoisotopic (exact) mass is 379 g/mol. The van der Waals surface area contributed by atoms with Crippen molar-refractivity contribution < 1.29 is 9.53 Å². The van der Waals surface area contributed by atoms with Crippen LogP contribution in [0.3, 0.4) is 0 Å². The Kier molecular flexibility index (Phi) is 4.69. The normalized spacial score (nSPS) is 11.4. The Morgan fingerprint density at radius 2 is 1.96 bits per heavy atom. The average molecular weight is 380 g/mol. The third kappa shape index (κ3) is 3.34. The van der Waals surface area contributed by atoms with Gasteiger partial charge in [0.05, 0.1) is 15.4 Å². The summed E-state index contributed by atoms with van der Waals surface area (Å²) in [5, 5.41) is 2.67. The lowest BCUT2D eigenvalue weighted by Crippen LogP contribution is -1.99. The third-order valence-corrected chi connectivity index (χ3v) is 5.70. The lowest BCUT2D eigenvalue weighted by molar-refractivity contribution is -0.138. The Labute approximate surface area is 159 Å². The molecule has 0 N–H and O–H groups in total. The Hall–Kier alpha value is -2.69. The molecule has 2 aromatic carbocycles. The standard InChI is InChI=1S/C21H14ClNO2S/c22-20-16-8-1-2-9-17(16)26-18(20)13-25-19(24)11-10-15-6-3-5-14-7-4-12-23-21(14)15/h1-12H,13H2/b11-10+. The average Bonchev–Trinajstić information content (AvgIpc) is 3.01. The minimum absolute atomic E-state index is 0.162. The quantitative estimate of drug-likeness (QED) is 0.329. The fourth-order valence-corrected chi connectivity index (χ4v) is 4.16. The number of para-hydroxylation sites is 1.